The number of amides is 1. The van der Waals surface area contributed by atoms with Crippen molar-refractivity contribution in [1.29, 1.82) is 5.26 Å². The summed E-state index contributed by atoms with van der Waals surface area (Å²) in [4.78, 5) is 30.8. The van der Waals surface area contributed by atoms with Gasteiger partial charge in [-0.1, -0.05) is 0 Å². The Kier molecular flexibility index (Phi) is 9.61. The summed E-state index contributed by atoms with van der Waals surface area (Å²) in [6.45, 7) is 5.93. The van der Waals surface area contributed by atoms with Crippen LogP contribution in [0.15, 0.2) is 48.8 Å². The zero-order valence-electron chi connectivity index (χ0n) is 23.9. The van der Waals surface area contributed by atoms with Crippen LogP contribution in [0, 0.1) is 11.3 Å². The first-order valence-corrected chi connectivity index (χ1v) is 14.3. The molecule has 3 atom stereocenters. The summed E-state index contributed by atoms with van der Waals surface area (Å²) in [6, 6.07) is 15.0. The lowest BCUT2D eigenvalue weighted by molar-refractivity contribution is -0.143. The zero-order valence-corrected chi connectivity index (χ0v) is 23.9. The van der Waals surface area contributed by atoms with Crippen molar-refractivity contribution in [2.45, 2.75) is 31.7 Å². The molecule has 226 valence electrons. The van der Waals surface area contributed by atoms with Crippen molar-refractivity contribution in [2.24, 2.45) is 0 Å². The molecule has 0 aliphatic carbocycles. The lowest BCUT2D eigenvalue weighted by Gasteiger charge is -2.35. The Morgan fingerprint density at radius 2 is 1.93 bits per heavy atom. The van der Waals surface area contributed by atoms with E-state index in [0.717, 1.165) is 37.6 Å². The van der Waals surface area contributed by atoms with E-state index in [1.807, 2.05) is 24.3 Å². The summed E-state index contributed by atoms with van der Waals surface area (Å²) in [5.41, 5.74) is 2.70. The number of carbonyl (C=O) groups excluding carboxylic acids is 1. The van der Waals surface area contributed by atoms with E-state index in [0.29, 0.717) is 23.9 Å². The molecule has 1 unspecified atom stereocenters. The Balaban J connectivity index is 1.22. The van der Waals surface area contributed by atoms with E-state index in [1.54, 1.807) is 18.2 Å². The van der Waals surface area contributed by atoms with Crippen LogP contribution in [0.3, 0.4) is 0 Å². The number of rotatable bonds is 9. The third kappa shape index (κ3) is 7.34. The lowest BCUT2D eigenvalue weighted by Crippen LogP contribution is -2.51. The zero-order chi connectivity index (χ0) is 30.3. The van der Waals surface area contributed by atoms with Crippen LogP contribution in [0.25, 0.3) is 11.4 Å². The maximum Gasteiger partial charge on any atom is 0.251 e. The fourth-order valence-electron chi connectivity index (χ4n) is 5.25. The molecule has 0 spiro atoms. The Morgan fingerprint density at radius 1 is 1.16 bits per heavy atom. The molecule has 3 heterocycles. The third-order valence-electron chi connectivity index (χ3n) is 7.64. The number of aliphatic hydroxyl groups is 2. The highest BCUT2D eigenvalue weighted by Gasteiger charge is 2.34. The summed E-state index contributed by atoms with van der Waals surface area (Å²) < 4.78 is 20.7. The number of halogens is 1. The lowest BCUT2D eigenvalue weighted by atomic mass is 10.0. The molecule has 2 fully saturated rings. The number of piperazine rings is 1. The molecule has 1 aromatic heterocycles. The van der Waals surface area contributed by atoms with Gasteiger partial charge < -0.3 is 30.1 Å². The second kappa shape index (κ2) is 13.7. The first-order valence-electron chi connectivity index (χ1n) is 14.3. The van der Waals surface area contributed by atoms with Crippen LogP contribution in [-0.4, -0.2) is 112 Å². The molecule has 2 aromatic carbocycles. The van der Waals surface area contributed by atoms with Gasteiger partial charge in [-0.2, -0.15) is 10.2 Å². The molecule has 0 saturated carbocycles. The van der Waals surface area contributed by atoms with E-state index >= 15 is 0 Å². The number of nitrogens with zero attached hydrogens (tertiary/aromatic N) is 7. The topological polar surface area (TPSA) is 151 Å². The van der Waals surface area contributed by atoms with Gasteiger partial charge in [0.15, 0.2) is 12.0 Å². The van der Waals surface area contributed by atoms with Crippen LogP contribution in [-0.2, 0) is 4.79 Å². The molecule has 13 heteroatoms. The normalized spacial score (nSPS) is 19.9. The van der Waals surface area contributed by atoms with Crippen molar-refractivity contribution in [3.05, 3.63) is 54.4 Å². The average Bonchev–Trinajstić information content (AvgIpc) is 3.03. The standard InChI is InChI=1S/C30H35FN8O4/c1-20(41)29(42)39-9-8-27(25(31)18-39)43-26-7-2-21(16-22(26)17-32)28-33-19-34-30(36-28)35-23-3-5-24(6-4-23)38-12-10-37(11-13-38)14-15-40/h2-7,16,19-20,25,27,40-41H,8-15,18H2,1H3,(H,33,34,35,36)/t20?,25-,27+/m1/s1. The van der Waals surface area contributed by atoms with Gasteiger partial charge in [0.25, 0.3) is 5.91 Å². The first kappa shape index (κ1) is 30.1. The van der Waals surface area contributed by atoms with Gasteiger partial charge in [-0.05, 0) is 49.4 Å². The van der Waals surface area contributed by atoms with Gasteiger partial charge >= 0.3 is 0 Å². The summed E-state index contributed by atoms with van der Waals surface area (Å²) in [6.07, 6.45) is -1.86. The maximum atomic E-state index is 14.8. The smallest absolute Gasteiger partial charge is 0.251 e. The van der Waals surface area contributed by atoms with Crippen molar-refractivity contribution in [3.8, 4) is 23.2 Å². The van der Waals surface area contributed by atoms with Crippen LogP contribution in [0.5, 0.6) is 5.75 Å². The molecule has 12 nitrogen and oxygen atoms in total. The minimum Gasteiger partial charge on any atom is -0.486 e. The summed E-state index contributed by atoms with van der Waals surface area (Å²) in [5, 5.41) is 31.6. The van der Waals surface area contributed by atoms with Crippen LogP contribution in [0.1, 0.15) is 18.9 Å². The Morgan fingerprint density at radius 3 is 2.60 bits per heavy atom. The fraction of sp³-hybridized carbons (Fsp3) is 0.433. The van der Waals surface area contributed by atoms with E-state index in [4.69, 9.17) is 9.84 Å². The van der Waals surface area contributed by atoms with Gasteiger partial charge in [-0.25, -0.2) is 14.4 Å². The van der Waals surface area contributed by atoms with Crippen molar-refractivity contribution in [1.82, 2.24) is 24.8 Å². The van der Waals surface area contributed by atoms with Crippen LogP contribution in [0.2, 0.25) is 0 Å². The number of anilines is 3. The number of benzene rings is 2. The van der Waals surface area contributed by atoms with Gasteiger partial charge in [-0.3, -0.25) is 9.69 Å². The van der Waals surface area contributed by atoms with Gasteiger partial charge in [0, 0.05) is 62.6 Å². The molecular formula is C30H35FN8O4. The van der Waals surface area contributed by atoms with Gasteiger partial charge in [0.2, 0.25) is 5.95 Å². The number of hydrogen-bond acceptors (Lipinski definition) is 11. The molecule has 43 heavy (non-hydrogen) atoms. The minimum atomic E-state index is -1.46. The number of alkyl halides is 1. The number of hydrogen-bond donors (Lipinski definition) is 3. The van der Waals surface area contributed by atoms with Gasteiger partial charge in [0.05, 0.1) is 18.7 Å². The molecule has 2 aliphatic rings. The van der Waals surface area contributed by atoms with Crippen LogP contribution >= 0.6 is 0 Å². The number of piperidine rings is 1. The molecule has 3 N–H and O–H groups in total. The predicted octanol–water partition coefficient (Wildman–Crippen LogP) is 1.97. The Hall–Kier alpha value is -4.38. The molecule has 2 aliphatic heterocycles. The predicted molar refractivity (Wildman–Crippen MR) is 158 cm³/mol. The first-order chi connectivity index (χ1) is 20.8. The molecule has 0 radical (unpaired) electrons. The number of β-amino-alcohol motifs (C(OH)–C–C–N with tert-alkyl or cyclic N) is 1. The van der Waals surface area contributed by atoms with Crippen molar-refractivity contribution in [2.75, 3.05) is 62.6 Å². The maximum absolute atomic E-state index is 14.8. The highest BCUT2D eigenvalue weighted by molar-refractivity contribution is 5.80. The SMILES string of the molecule is CC(O)C(=O)N1CC[C@H](Oc2ccc(-c3ncnc(Nc4ccc(N5CCN(CCO)CC5)cc4)n3)cc2C#N)[C@H](F)C1. The number of carbonyl (C=O) groups is 1. The Labute approximate surface area is 249 Å². The van der Waals surface area contributed by atoms with Crippen molar-refractivity contribution in [3.63, 3.8) is 0 Å². The van der Waals surface area contributed by atoms with Gasteiger partial charge in [-0.15, -0.1) is 0 Å². The highest BCUT2D eigenvalue weighted by Crippen LogP contribution is 2.29. The summed E-state index contributed by atoms with van der Waals surface area (Å²) in [5.74, 6) is 0.409. The van der Waals surface area contributed by atoms with E-state index in [9.17, 15) is 19.6 Å². The average molecular weight is 591 g/mol. The molecular weight excluding hydrogens is 555 g/mol. The van der Waals surface area contributed by atoms with E-state index in [2.05, 4.69) is 36.1 Å². The van der Waals surface area contributed by atoms with Crippen LogP contribution in [0.4, 0.5) is 21.7 Å². The number of likely N-dealkylation sites (tertiary alicyclic amines) is 1. The van der Waals surface area contributed by atoms with E-state index < -0.39 is 24.3 Å². The number of aliphatic hydroxyl groups excluding tert-OH is 2. The van der Waals surface area contributed by atoms with E-state index in [-0.39, 0.29) is 37.4 Å². The summed E-state index contributed by atoms with van der Waals surface area (Å²) in [7, 11) is 0. The van der Waals surface area contributed by atoms with Gasteiger partial charge in [0.1, 0.15) is 30.4 Å². The third-order valence-corrected chi connectivity index (χ3v) is 7.64. The highest BCUT2D eigenvalue weighted by atomic mass is 19.1. The number of nitriles is 1. The Bertz CT molecular complexity index is 1440. The molecule has 5 rings (SSSR count). The molecule has 0 bridgehead atoms. The molecule has 1 amide bonds. The second-order valence-electron chi connectivity index (χ2n) is 10.6. The minimum absolute atomic E-state index is 0.177. The molecule has 2 saturated heterocycles. The second-order valence-corrected chi connectivity index (χ2v) is 10.6. The monoisotopic (exact) mass is 590 g/mol. The number of nitrogens with one attached hydrogen (secondary N) is 1. The van der Waals surface area contributed by atoms with Crippen molar-refractivity contribution < 1.29 is 24.1 Å². The number of ether oxygens (including phenoxy) is 1. The summed E-state index contributed by atoms with van der Waals surface area (Å²) >= 11 is 0. The fourth-order valence-corrected chi connectivity index (χ4v) is 5.25. The van der Waals surface area contributed by atoms with Crippen LogP contribution < -0.4 is 15.0 Å². The quantitative estimate of drug-likeness (QED) is 0.336. The number of aromatic nitrogens is 3. The van der Waals surface area contributed by atoms with Crippen molar-refractivity contribution >= 4 is 23.2 Å². The van der Waals surface area contributed by atoms with E-state index in [1.165, 1.54) is 18.2 Å². The molecule has 3 aromatic rings. The largest absolute Gasteiger partial charge is 0.486 e.